The molecule has 28 heavy (non-hydrogen) atoms. The number of hydrogen-bond acceptors (Lipinski definition) is 6. The Labute approximate surface area is 164 Å². The maximum atomic E-state index is 12.1. The number of amides is 1. The van der Waals surface area contributed by atoms with Crippen molar-refractivity contribution in [2.24, 2.45) is 0 Å². The number of fused-ring (bicyclic) bond motifs is 1. The number of carbonyl (C=O) groups excluding carboxylic acids is 1. The summed E-state index contributed by atoms with van der Waals surface area (Å²) in [6.45, 7) is -0.615. The second-order valence-electron chi connectivity index (χ2n) is 5.66. The van der Waals surface area contributed by atoms with Crippen LogP contribution in [0.2, 0.25) is 5.15 Å². The van der Waals surface area contributed by atoms with Crippen LogP contribution in [0, 0.1) is 0 Å². The van der Waals surface area contributed by atoms with E-state index >= 15 is 0 Å². The van der Waals surface area contributed by atoms with Gasteiger partial charge in [0, 0.05) is 10.8 Å². The Hall–Kier alpha value is -3.52. The molecular weight excluding hydrogens is 388 g/mol. The Morgan fingerprint density at radius 3 is 2.36 bits per heavy atom. The summed E-state index contributed by atoms with van der Waals surface area (Å²) >= 11 is 6.11. The molecule has 144 valence electrons. The van der Waals surface area contributed by atoms with Crippen LogP contribution in [0.1, 0.15) is 10.5 Å². The fourth-order valence-electron chi connectivity index (χ4n) is 2.48. The van der Waals surface area contributed by atoms with E-state index in [0.717, 1.165) is 0 Å². The maximum absolute atomic E-state index is 12.1. The summed E-state index contributed by atoms with van der Waals surface area (Å²) < 4.78 is 10.8. The number of nitrogens with zero attached hydrogens (tertiary/aromatic N) is 1. The SMILES string of the molecule is COc1ccc(Oc2ccc3c(Cl)nc(C(=O)NCC(=O)O)c(O)c3c2)cc1. The van der Waals surface area contributed by atoms with E-state index in [1.54, 1.807) is 43.5 Å². The summed E-state index contributed by atoms with van der Waals surface area (Å²) in [5, 5.41) is 21.9. The molecule has 0 unspecified atom stereocenters. The standard InChI is InChI=1S/C19H15ClN2O6/c1-27-10-2-4-11(5-3-10)28-12-6-7-13-14(8-12)17(25)16(22-18(13)20)19(26)21-9-15(23)24/h2-8,25H,9H2,1H3,(H,21,26)(H,23,24). The van der Waals surface area contributed by atoms with E-state index < -0.39 is 24.2 Å². The topological polar surface area (TPSA) is 118 Å². The molecular formula is C19H15ClN2O6. The number of ether oxygens (including phenoxy) is 2. The zero-order valence-electron chi connectivity index (χ0n) is 14.6. The molecule has 0 aliphatic carbocycles. The lowest BCUT2D eigenvalue weighted by Gasteiger charge is -2.11. The fraction of sp³-hybridized carbons (Fsp3) is 0.105. The number of benzene rings is 2. The van der Waals surface area contributed by atoms with E-state index in [1.165, 1.54) is 6.07 Å². The number of carboxylic acid groups (broad SMARTS) is 1. The van der Waals surface area contributed by atoms with Crippen molar-refractivity contribution >= 4 is 34.2 Å². The fourth-order valence-corrected chi connectivity index (χ4v) is 2.73. The molecule has 2 aromatic carbocycles. The molecule has 3 N–H and O–H groups in total. The Balaban J connectivity index is 1.95. The van der Waals surface area contributed by atoms with E-state index in [4.69, 9.17) is 26.2 Å². The zero-order chi connectivity index (χ0) is 20.3. The van der Waals surface area contributed by atoms with Gasteiger partial charge in [0.05, 0.1) is 7.11 Å². The second kappa shape index (κ2) is 8.01. The lowest BCUT2D eigenvalue weighted by atomic mass is 10.1. The Bertz CT molecular complexity index is 1050. The van der Waals surface area contributed by atoms with E-state index in [-0.39, 0.29) is 16.2 Å². The molecule has 9 heteroatoms. The molecule has 1 heterocycles. The van der Waals surface area contributed by atoms with Crippen LogP contribution in [-0.2, 0) is 4.79 Å². The van der Waals surface area contributed by atoms with Crippen molar-refractivity contribution in [2.45, 2.75) is 0 Å². The molecule has 0 spiro atoms. The van der Waals surface area contributed by atoms with Gasteiger partial charge in [0.1, 0.15) is 28.9 Å². The Morgan fingerprint density at radius 1 is 1.07 bits per heavy atom. The summed E-state index contributed by atoms with van der Waals surface area (Å²) in [6, 6.07) is 11.7. The number of nitrogens with one attached hydrogen (secondary N) is 1. The van der Waals surface area contributed by atoms with E-state index in [1.807, 2.05) is 0 Å². The Morgan fingerprint density at radius 2 is 1.71 bits per heavy atom. The van der Waals surface area contributed by atoms with Gasteiger partial charge >= 0.3 is 5.97 Å². The van der Waals surface area contributed by atoms with Crippen molar-refractivity contribution in [3.63, 3.8) is 0 Å². The van der Waals surface area contributed by atoms with Gasteiger partial charge in [-0.1, -0.05) is 11.6 Å². The summed E-state index contributed by atoms with van der Waals surface area (Å²) in [7, 11) is 1.56. The summed E-state index contributed by atoms with van der Waals surface area (Å²) in [5.41, 5.74) is -0.375. The first-order chi connectivity index (χ1) is 13.4. The van der Waals surface area contributed by atoms with Crippen molar-refractivity contribution in [1.29, 1.82) is 0 Å². The molecule has 0 saturated heterocycles. The van der Waals surface area contributed by atoms with Gasteiger partial charge in [0.15, 0.2) is 11.4 Å². The number of pyridine rings is 1. The van der Waals surface area contributed by atoms with Gasteiger partial charge < -0.3 is 25.0 Å². The molecule has 1 aromatic heterocycles. The molecule has 3 rings (SSSR count). The smallest absolute Gasteiger partial charge is 0.322 e. The molecule has 0 bridgehead atoms. The minimum absolute atomic E-state index is 0.00993. The van der Waals surface area contributed by atoms with Crippen LogP contribution in [0.3, 0.4) is 0 Å². The minimum Gasteiger partial charge on any atom is -0.505 e. The van der Waals surface area contributed by atoms with Crippen LogP contribution in [0.4, 0.5) is 0 Å². The van der Waals surface area contributed by atoms with Gasteiger partial charge in [-0.3, -0.25) is 9.59 Å². The molecule has 0 aliphatic heterocycles. The predicted octanol–water partition coefficient (Wildman–Crippen LogP) is 3.21. The molecule has 3 aromatic rings. The third-order valence-corrected chi connectivity index (χ3v) is 4.10. The van der Waals surface area contributed by atoms with Crippen LogP contribution >= 0.6 is 11.6 Å². The van der Waals surface area contributed by atoms with Gasteiger partial charge in [-0.05, 0) is 42.5 Å². The number of methoxy groups -OCH3 is 1. The monoisotopic (exact) mass is 402 g/mol. The third kappa shape index (κ3) is 4.07. The molecule has 0 aliphatic rings. The van der Waals surface area contributed by atoms with Gasteiger partial charge in [-0.2, -0.15) is 0 Å². The first kappa shape index (κ1) is 19.2. The first-order valence-corrected chi connectivity index (χ1v) is 8.41. The van der Waals surface area contributed by atoms with Crippen molar-refractivity contribution in [3.8, 4) is 23.0 Å². The largest absolute Gasteiger partial charge is 0.505 e. The van der Waals surface area contributed by atoms with Gasteiger partial charge in [-0.25, -0.2) is 4.98 Å². The number of aliphatic carboxylic acids is 1. The highest BCUT2D eigenvalue weighted by molar-refractivity contribution is 6.35. The van der Waals surface area contributed by atoms with Crippen LogP contribution in [0.15, 0.2) is 42.5 Å². The van der Waals surface area contributed by atoms with Crippen molar-refractivity contribution in [3.05, 3.63) is 53.3 Å². The highest BCUT2D eigenvalue weighted by atomic mass is 35.5. The zero-order valence-corrected chi connectivity index (χ0v) is 15.4. The Kier molecular flexibility index (Phi) is 5.51. The van der Waals surface area contributed by atoms with E-state index in [0.29, 0.717) is 22.6 Å². The summed E-state index contributed by atoms with van der Waals surface area (Å²) in [6.07, 6.45) is 0. The van der Waals surface area contributed by atoms with Crippen LogP contribution in [0.5, 0.6) is 23.0 Å². The van der Waals surface area contributed by atoms with Gasteiger partial charge in [0.2, 0.25) is 0 Å². The van der Waals surface area contributed by atoms with Crippen LogP contribution in [0.25, 0.3) is 10.8 Å². The number of aromatic hydroxyl groups is 1. The third-order valence-electron chi connectivity index (χ3n) is 3.81. The van der Waals surface area contributed by atoms with Crippen molar-refractivity contribution < 1.29 is 29.3 Å². The average Bonchev–Trinajstić information content (AvgIpc) is 2.69. The lowest BCUT2D eigenvalue weighted by Crippen LogP contribution is -2.30. The number of rotatable bonds is 6. The second-order valence-corrected chi connectivity index (χ2v) is 6.02. The average molecular weight is 403 g/mol. The first-order valence-electron chi connectivity index (χ1n) is 8.03. The summed E-state index contributed by atoms with van der Waals surface area (Å²) in [5.74, 6) is -0.896. The number of carboxylic acids is 1. The molecule has 8 nitrogen and oxygen atoms in total. The molecule has 0 radical (unpaired) electrons. The van der Waals surface area contributed by atoms with E-state index in [2.05, 4.69) is 10.3 Å². The van der Waals surface area contributed by atoms with E-state index in [9.17, 15) is 14.7 Å². The maximum Gasteiger partial charge on any atom is 0.322 e. The van der Waals surface area contributed by atoms with Crippen molar-refractivity contribution in [1.82, 2.24) is 10.3 Å². The molecule has 1 amide bonds. The number of carbonyl (C=O) groups is 2. The summed E-state index contributed by atoms with van der Waals surface area (Å²) in [4.78, 5) is 26.6. The number of aromatic nitrogens is 1. The van der Waals surface area contributed by atoms with Crippen LogP contribution < -0.4 is 14.8 Å². The highest BCUT2D eigenvalue weighted by Gasteiger charge is 2.19. The molecule has 0 saturated carbocycles. The molecule has 0 atom stereocenters. The van der Waals surface area contributed by atoms with Gasteiger partial charge in [-0.15, -0.1) is 0 Å². The van der Waals surface area contributed by atoms with Crippen molar-refractivity contribution in [2.75, 3.05) is 13.7 Å². The van der Waals surface area contributed by atoms with Crippen LogP contribution in [-0.4, -0.2) is 40.7 Å². The van der Waals surface area contributed by atoms with Gasteiger partial charge in [0.25, 0.3) is 5.91 Å². The minimum atomic E-state index is -1.23. The molecule has 0 fully saturated rings. The normalized spacial score (nSPS) is 10.5. The predicted molar refractivity (Wildman–Crippen MR) is 101 cm³/mol. The number of hydrogen-bond donors (Lipinski definition) is 3. The highest BCUT2D eigenvalue weighted by Crippen LogP contribution is 2.35. The lowest BCUT2D eigenvalue weighted by molar-refractivity contribution is -0.135. The quantitative estimate of drug-likeness (QED) is 0.542. The number of halogens is 1.